The van der Waals surface area contributed by atoms with Crippen LogP contribution < -0.4 is 0 Å². The molecule has 0 bridgehead atoms. The fraction of sp³-hybridized carbons (Fsp3) is 0.111. The van der Waals surface area contributed by atoms with Crippen LogP contribution in [0.5, 0.6) is 0 Å². The number of hydrogen-bond donors (Lipinski definition) is 0. The SMILES string of the molecule is C=CSc1cc(Sc2ccc(SC)c(SC=C)c2)ccc1SC. The third-order valence-corrected chi connectivity index (χ3v) is 7.27. The van der Waals surface area contributed by atoms with Crippen LogP contribution in [0.1, 0.15) is 0 Å². The first-order chi connectivity index (χ1) is 11.2. The predicted octanol–water partition coefficient (Wildman–Crippen LogP) is 7.75. The van der Waals surface area contributed by atoms with Gasteiger partial charge >= 0.3 is 0 Å². The summed E-state index contributed by atoms with van der Waals surface area (Å²) in [5.74, 6) is 0. The van der Waals surface area contributed by atoms with E-state index in [0.717, 1.165) is 0 Å². The van der Waals surface area contributed by atoms with E-state index in [1.165, 1.54) is 29.4 Å². The maximum atomic E-state index is 3.83. The molecular formula is C18H18S5. The second kappa shape index (κ2) is 9.84. The second-order valence-corrected chi connectivity index (χ2v) is 9.16. The topological polar surface area (TPSA) is 0 Å². The van der Waals surface area contributed by atoms with Gasteiger partial charge < -0.3 is 0 Å². The standard InChI is InChI=1S/C18H18S5/c1-5-21-17-11-13(7-9-15(17)19-3)23-14-8-10-16(20-4)18(12-14)22-6-2/h5-12H,1-2H2,3-4H3. The fourth-order valence-electron chi connectivity index (χ4n) is 1.94. The summed E-state index contributed by atoms with van der Waals surface area (Å²) in [6.45, 7) is 7.66. The monoisotopic (exact) mass is 394 g/mol. The lowest BCUT2D eigenvalue weighted by atomic mass is 10.3. The number of hydrogen-bond acceptors (Lipinski definition) is 5. The zero-order valence-electron chi connectivity index (χ0n) is 13.1. The maximum absolute atomic E-state index is 3.83. The Morgan fingerprint density at radius 1 is 0.696 bits per heavy atom. The first-order valence-corrected chi connectivity index (χ1v) is 11.8. The zero-order chi connectivity index (χ0) is 16.7. The Morgan fingerprint density at radius 3 is 1.48 bits per heavy atom. The largest absolute Gasteiger partial charge is 0.128 e. The summed E-state index contributed by atoms with van der Waals surface area (Å²) in [6.07, 6.45) is 4.21. The number of thioether (sulfide) groups is 4. The van der Waals surface area contributed by atoms with Gasteiger partial charge in [-0.05, 0) is 59.7 Å². The van der Waals surface area contributed by atoms with Gasteiger partial charge in [0.25, 0.3) is 0 Å². The Bertz CT molecular complexity index is 634. The Labute approximate surface area is 160 Å². The van der Waals surface area contributed by atoms with Crippen molar-refractivity contribution in [3.05, 3.63) is 60.4 Å². The highest BCUT2D eigenvalue weighted by Gasteiger charge is 2.07. The van der Waals surface area contributed by atoms with Crippen molar-refractivity contribution in [3.63, 3.8) is 0 Å². The van der Waals surface area contributed by atoms with E-state index in [1.54, 1.807) is 58.8 Å². The summed E-state index contributed by atoms with van der Waals surface area (Å²) >= 11 is 8.69. The third-order valence-electron chi connectivity index (χ3n) is 2.93. The summed E-state index contributed by atoms with van der Waals surface area (Å²) in [5, 5.41) is 3.77. The molecule has 0 spiro atoms. The van der Waals surface area contributed by atoms with E-state index in [9.17, 15) is 0 Å². The van der Waals surface area contributed by atoms with E-state index in [-0.39, 0.29) is 0 Å². The molecule has 0 aromatic heterocycles. The molecule has 0 fully saturated rings. The molecule has 0 radical (unpaired) electrons. The fourth-order valence-corrected chi connectivity index (χ4v) is 5.82. The highest BCUT2D eigenvalue weighted by molar-refractivity contribution is 8.04. The molecule has 5 heteroatoms. The van der Waals surface area contributed by atoms with Gasteiger partial charge in [-0.3, -0.25) is 0 Å². The van der Waals surface area contributed by atoms with E-state index in [1.807, 2.05) is 10.8 Å². The van der Waals surface area contributed by atoms with E-state index >= 15 is 0 Å². The van der Waals surface area contributed by atoms with Gasteiger partial charge in [-0.25, -0.2) is 0 Å². The quantitative estimate of drug-likeness (QED) is 0.418. The average molecular weight is 395 g/mol. The maximum Gasteiger partial charge on any atom is 0.0263 e. The van der Waals surface area contributed by atoms with Gasteiger partial charge in [0.2, 0.25) is 0 Å². The van der Waals surface area contributed by atoms with Crippen molar-refractivity contribution in [2.75, 3.05) is 12.5 Å². The second-order valence-electron chi connectivity index (χ2n) is 4.30. The van der Waals surface area contributed by atoms with Gasteiger partial charge in [-0.2, -0.15) is 0 Å². The molecule has 2 aromatic rings. The van der Waals surface area contributed by atoms with Crippen LogP contribution in [-0.2, 0) is 0 Å². The van der Waals surface area contributed by atoms with E-state index in [4.69, 9.17) is 0 Å². The molecule has 2 aromatic carbocycles. The lowest BCUT2D eigenvalue weighted by Crippen LogP contribution is -1.82. The molecule has 0 aliphatic heterocycles. The molecule has 0 nitrogen and oxygen atoms in total. The van der Waals surface area contributed by atoms with Crippen molar-refractivity contribution in [1.82, 2.24) is 0 Å². The Balaban J connectivity index is 2.27. The van der Waals surface area contributed by atoms with Crippen LogP contribution in [0.15, 0.2) is 89.7 Å². The van der Waals surface area contributed by atoms with Crippen molar-refractivity contribution in [3.8, 4) is 0 Å². The van der Waals surface area contributed by atoms with E-state index < -0.39 is 0 Å². The normalized spacial score (nSPS) is 10.5. The Kier molecular flexibility index (Phi) is 8.13. The number of benzene rings is 2. The van der Waals surface area contributed by atoms with Gasteiger partial charge in [0.1, 0.15) is 0 Å². The van der Waals surface area contributed by atoms with Crippen molar-refractivity contribution in [1.29, 1.82) is 0 Å². The zero-order valence-corrected chi connectivity index (χ0v) is 17.2. The highest BCUT2D eigenvalue weighted by Crippen LogP contribution is 2.39. The predicted molar refractivity (Wildman–Crippen MR) is 113 cm³/mol. The van der Waals surface area contributed by atoms with Crippen molar-refractivity contribution in [2.24, 2.45) is 0 Å². The van der Waals surface area contributed by atoms with Crippen LogP contribution in [0, 0.1) is 0 Å². The minimum absolute atomic E-state index is 1.25. The molecule has 0 unspecified atom stereocenters. The summed E-state index contributed by atoms with van der Waals surface area (Å²) in [7, 11) is 0. The lowest BCUT2D eigenvalue weighted by molar-refractivity contribution is 1.17. The third kappa shape index (κ3) is 5.33. The first kappa shape index (κ1) is 19.0. The molecule has 0 N–H and O–H groups in total. The summed E-state index contributed by atoms with van der Waals surface area (Å²) in [5.41, 5.74) is 0. The molecule has 0 amide bonds. The average Bonchev–Trinajstić information content (AvgIpc) is 2.56. The van der Waals surface area contributed by atoms with E-state index in [2.05, 4.69) is 62.1 Å². The molecule has 0 saturated heterocycles. The minimum Gasteiger partial charge on any atom is -0.128 e. The van der Waals surface area contributed by atoms with Gasteiger partial charge in [0.05, 0.1) is 0 Å². The van der Waals surface area contributed by atoms with Gasteiger partial charge in [-0.15, -0.1) is 23.5 Å². The van der Waals surface area contributed by atoms with Crippen molar-refractivity contribution < 1.29 is 0 Å². The molecule has 0 heterocycles. The van der Waals surface area contributed by atoms with Gasteiger partial charge in [0, 0.05) is 29.4 Å². The van der Waals surface area contributed by atoms with Crippen molar-refractivity contribution in [2.45, 2.75) is 29.4 Å². The molecule has 0 aliphatic carbocycles. The van der Waals surface area contributed by atoms with Crippen molar-refractivity contribution >= 4 is 58.8 Å². The lowest BCUT2D eigenvalue weighted by Gasteiger charge is -2.10. The van der Waals surface area contributed by atoms with Crippen LogP contribution in [0.4, 0.5) is 0 Å². The van der Waals surface area contributed by atoms with Crippen LogP contribution in [0.3, 0.4) is 0 Å². The molecule has 2 rings (SSSR count). The van der Waals surface area contributed by atoms with Crippen LogP contribution in [-0.4, -0.2) is 12.5 Å². The molecule has 0 aliphatic rings. The molecule has 0 atom stereocenters. The van der Waals surface area contributed by atoms with Crippen LogP contribution >= 0.6 is 58.8 Å². The van der Waals surface area contributed by atoms with E-state index in [0.29, 0.717) is 0 Å². The Morgan fingerprint density at radius 2 is 1.13 bits per heavy atom. The smallest absolute Gasteiger partial charge is 0.0263 e. The Hall–Kier alpha value is -0.330. The summed E-state index contributed by atoms with van der Waals surface area (Å²) in [4.78, 5) is 7.61. The van der Waals surface area contributed by atoms with Gasteiger partial charge in [0.15, 0.2) is 0 Å². The molecule has 120 valence electrons. The minimum atomic E-state index is 1.25. The highest BCUT2D eigenvalue weighted by atomic mass is 32.2. The van der Waals surface area contributed by atoms with Crippen LogP contribution in [0.2, 0.25) is 0 Å². The van der Waals surface area contributed by atoms with Gasteiger partial charge in [-0.1, -0.05) is 48.4 Å². The molecule has 23 heavy (non-hydrogen) atoms. The summed E-state index contributed by atoms with van der Waals surface area (Å²) in [6, 6.07) is 13.2. The number of rotatable bonds is 8. The summed E-state index contributed by atoms with van der Waals surface area (Å²) < 4.78 is 0. The molecular weight excluding hydrogens is 377 g/mol. The van der Waals surface area contributed by atoms with Crippen LogP contribution in [0.25, 0.3) is 0 Å². The molecule has 0 saturated carbocycles. The first-order valence-electron chi connectivity index (χ1n) is 6.81.